The van der Waals surface area contributed by atoms with Crippen LogP contribution in [0.1, 0.15) is 43.5 Å². The van der Waals surface area contributed by atoms with Gasteiger partial charge in [-0.05, 0) is 31.2 Å². The Hall–Kier alpha value is -0.340. The fraction of sp³-hybridized carbons (Fsp3) is 0.667. The minimum absolute atomic E-state index is 0. The molecule has 4 nitrogen and oxygen atoms in total. The zero-order chi connectivity index (χ0) is 14.2. The first-order valence-corrected chi connectivity index (χ1v) is 8.27. The molecule has 1 fully saturated rings. The molecule has 0 spiro atoms. The van der Waals surface area contributed by atoms with E-state index in [-0.39, 0.29) is 30.0 Å². The minimum Gasteiger partial charge on any atom is -0.383 e. The summed E-state index contributed by atoms with van der Waals surface area (Å²) in [7, 11) is 1.71. The van der Waals surface area contributed by atoms with Gasteiger partial charge in [0, 0.05) is 18.0 Å². The van der Waals surface area contributed by atoms with Crippen LogP contribution in [0.2, 0.25) is 0 Å². The maximum Gasteiger partial charge on any atom is 0.192 e. The Morgan fingerprint density at radius 1 is 1.48 bits per heavy atom. The maximum atomic E-state index is 5.08. The number of thiophene rings is 1. The summed E-state index contributed by atoms with van der Waals surface area (Å²) in [5.74, 6) is 0.912. The van der Waals surface area contributed by atoms with Crippen LogP contribution in [0.4, 0.5) is 0 Å². The summed E-state index contributed by atoms with van der Waals surface area (Å²) < 4.78 is 5.08. The summed E-state index contributed by atoms with van der Waals surface area (Å²) >= 11 is 1.77. The van der Waals surface area contributed by atoms with Crippen LogP contribution >= 0.6 is 35.3 Å². The smallest absolute Gasteiger partial charge is 0.192 e. The molecule has 1 atom stereocenters. The zero-order valence-corrected chi connectivity index (χ0v) is 15.9. The lowest BCUT2D eigenvalue weighted by Crippen LogP contribution is -2.43. The minimum atomic E-state index is 0. The van der Waals surface area contributed by atoms with Gasteiger partial charge in [0.2, 0.25) is 0 Å². The lowest BCUT2D eigenvalue weighted by Gasteiger charge is -2.20. The molecule has 0 saturated heterocycles. The van der Waals surface area contributed by atoms with Crippen molar-refractivity contribution < 1.29 is 4.74 Å². The predicted octanol–water partition coefficient (Wildman–Crippen LogP) is 3.55. The lowest BCUT2D eigenvalue weighted by molar-refractivity contribution is 0.207. The molecule has 0 radical (unpaired) electrons. The number of ether oxygens (including phenoxy) is 1. The second kappa shape index (κ2) is 10.4. The number of aliphatic imine (C=N–C) groups is 1. The number of halogens is 1. The average Bonchev–Trinajstić information content (AvgIpc) is 3.12. The van der Waals surface area contributed by atoms with Crippen molar-refractivity contribution in [3.8, 4) is 0 Å². The van der Waals surface area contributed by atoms with Crippen LogP contribution in [0.5, 0.6) is 0 Å². The third-order valence-electron chi connectivity index (χ3n) is 3.58. The number of hydrogen-bond acceptors (Lipinski definition) is 3. The number of rotatable bonds is 6. The van der Waals surface area contributed by atoms with E-state index in [1.165, 1.54) is 30.6 Å². The van der Waals surface area contributed by atoms with Gasteiger partial charge in [-0.15, -0.1) is 35.3 Å². The zero-order valence-electron chi connectivity index (χ0n) is 12.8. The van der Waals surface area contributed by atoms with Gasteiger partial charge in [-0.25, -0.2) is 0 Å². The first-order valence-electron chi connectivity index (χ1n) is 7.39. The van der Waals surface area contributed by atoms with Crippen LogP contribution in [0, 0.1) is 0 Å². The van der Waals surface area contributed by atoms with E-state index in [4.69, 9.17) is 4.74 Å². The van der Waals surface area contributed by atoms with Gasteiger partial charge in [-0.1, -0.05) is 18.9 Å². The van der Waals surface area contributed by atoms with Gasteiger partial charge in [-0.2, -0.15) is 0 Å². The topological polar surface area (TPSA) is 45.6 Å². The van der Waals surface area contributed by atoms with Gasteiger partial charge in [0.25, 0.3) is 0 Å². The van der Waals surface area contributed by atoms with Gasteiger partial charge >= 0.3 is 0 Å². The molecule has 2 rings (SSSR count). The number of nitrogens with zero attached hydrogens (tertiary/aromatic N) is 1. The normalized spacial score (nSPS) is 17.3. The van der Waals surface area contributed by atoms with Crippen molar-refractivity contribution >= 4 is 41.3 Å². The van der Waals surface area contributed by atoms with Crippen LogP contribution in [-0.4, -0.2) is 32.3 Å². The highest BCUT2D eigenvalue weighted by Gasteiger charge is 2.17. The lowest BCUT2D eigenvalue weighted by atomic mass is 10.2. The molecule has 2 N–H and O–H groups in total. The van der Waals surface area contributed by atoms with Crippen LogP contribution in [-0.2, 0) is 4.74 Å². The van der Waals surface area contributed by atoms with Crippen molar-refractivity contribution in [1.29, 1.82) is 0 Å². The molecule has 0 bridgehead atoms. The Morgan fingerprint density at radius 3 is 2.86 bits per heavy atom. The molecule has 1 unspecified atom stereocenters. The monoisotopic (exact) mass is 423 g/mol. The SMILES string of the molecule is COCCN=C(NC1CCCC1)NC(C)c1cccs1.I. The van der Waals surface area contributed by atoms with Crippen LogP contribution in [0.25, 0.3) is 0 Å². The molecule has 6 heteroatoms. The van der Waals surface area contributed by atoms with E-state index in [1.54, 1.807) is 18.4 Å². The molecule has 1 saturated carbocycles. The standard InChI is InChI=1S/C15H25N3OS.HI/c1-12(14-8-5-11-20-14)17-15(16-9-10-19-2)18-13-6-3-4-7-13;/h5,8,11-13H,3-4,6-7,9-10H2,1-2H3,(H2,16,17,18);1H. The van der Waals surface area contributed by atoms with Crippen molar-refractivity contribution in [2.75, 3.05) is 20.3 Å². The Morgan fingerprint density at radius 2 is 2.24 bits per heavy atom. The predicted molar refractivity (Wildman–Crippen MR) is 101 cm³/mol. The molecule has 0 amide bonds. The van der Waals surface area contributed by atoms with Crippen LogP contribution in [0.3, 0.4) is 0 Å². The van der Waals surface area contributed by atoms with Crippen molar-refractivity contribution in [2.24, 2.45) is 4.99 Å². The highest BCUT2D eigenvalue weighted by atomic mass is 127. The van der Waals surface area contributed by atoms with E-state index in [2.05, 4.69) is 40.1 Å². The largest absolute Gasteiger partial charge is 0.383 e. The summed E-state index contributed by atoms with van der Waals surface area (Å²) in [5, 5.41) is 9.17. The van der Waals surface area contributed by atoms with Crippen molar-refractivity contribution in [3.63, 3.8) is 0 Å². The van der Waals surface area contributed by atoms with E-state index >= 15 is 0 Å². The van der Waals surface area contributed by atoms with Crippen LogP contribution < -0.4 is 10.6 Å². The van der Waals surface area contributed by atoms with Gasteiger partial charge in [-0.3, -0.25) is 4.99 Å². The van der Waals surface area contributed by atoms with E-state index < -0.39 is 0 Å². The quantitative estimate of drug-likeness (QED) is 0.319. The number of guanidine groups is 1. The summed E-state index contributed by atoms with van der Waals surface area (Å²) in [6.07, 6.45) is 5.14. The molecule has 1 heterocycles. The summed E-state index contributed by atoms with van der Waals surface area (Å²) in [4.78, 5) is 5.93. The first-order chi connectivity index (χ1) is 9.79. The van der Waals surface area contributed by atoms with Crippen molar-refractivity contribution in [3.05, 3.63) is 22.4 Å². The molecule has 120 valence electrons. The molecule has 1 aliphatic carbocycles. The van der Waals surface area contributed by atoms with Gasteiger partial charge in [0.15, 0.2) is 5.96 Å². The summed E-state index contributed by atoms with van der Waals surface area (Å²) in [6.45, 7) is 3.52. The molecule has 1 aromatic rings. The third kappa shape index (κ3) is 6.52. The van der Waals surface area contributed by atoms with Gasteiger partial charge in [0.1, 0.15) is 0 Å². The number of nitrogens with one attached hydrogen (secondary N) is 2. The van der Waals surface area contributed by atoms with Gasteiger partial charge in [0.05, 0.1) is 19.2 Å². The van der Waals surface area contributed by atoms with E-state index in [0.717, 1.165) is 5.96 Å². The Kier molecular flexibility index (Phi) is 9.26. The van der Waals surface area contributed by atoms with E-state index in [0.29, 0.717) is 19.2 Å². The van der Waals surface area contributed by atoms with Crippen molar-refractivity contribution in [2.45, 2.75) is 44.7 Å². The average molecular weight is 423 g/mol. The maximum absolute atomic E-state index is 5.08. The Labute approximate surface area is 148 Å². The Balaban J connectivity index is 0.00000220. The summed E-state index contributed by atoms with van der Waals surface area (Å²) in [5.41, 5.74) is 0. The van der Waals surface area contributed by atoms with E-state index in [1.807, 2.05) is 0 Å². The molecule has 1 aliphatic rings. The van der Waals surface area contributed by atoms with Gasteiger partial charge < -0.3 is 15.4 Å². The molecule has 21 heavy (non-hydrogen) atoms. The fourth-order valence-corrected chi connectivity index (χ4v) is 3.19. The van der Waals surface area contributed by atoms with Crippen molar-refractivity contribution in [1.82, 2.24) is 10.6 Å². The number of methoxy groups -OCH3 is 1. The highest BCUT2D eigenvalue weighted by Crippen LogP contribution is 2.19. The molecular weight excluding hydrogens is 397 g/mol. The summed E-state index contributed by atoms with van der Waals surface area (Å²) in [6, 6.07) is 5.10. The fourth-order valence-electron chi connectivity index (χ4n) is 2.46. The first kappa shape index (κ1) is 18.7. The third-order valence-corrected chi connectivity index (χ3v) is 4.64. The molecule has 1 aromatic heterocycles. The Bertz CT molecular complexity index is 405. The molecular formula is C15H26IN3OS. The highest BCUT2D eigenvalue weighted by molar-refractivity contribution is 14.0. The second-order valence-corrected chi connectivity index (χ2v) is 6.21. The molecule has 0 aliphatic heterocycles. The van der Waals surface area contributed by atoms with E-state index in [9.17, 15) is 0 Å². The second-order valence-electron chi connectivity index (χ2n) is 5.23. The molecule has 0 aromatic carbocycles. The van der Waals surface area contributed by atoms with Crippen LogP contribution in [0.15, 0.2) is 22.5 Å². The number of hydrogen-bond donors (Lipinski definition) is 2.